The van der Waals surface area contributed by atoms with E-state index in [1.807, 2.05) is 25.1 Å². The maximum Gasteiger partial charge on any atom is 0.251 e. The molecular weight excluding hydrogens is 400 g/mol. The molecule has 0 spiro atoms. The maximum atomic E-state index is 12.4. The number of nitrogens with two attached hydrogens (primary N) is 1. The van der Waals surface area contributed by atoms with E-state index in [9.17, 15) is 4.79 Å². The summed E-state index contributed by atoms with van der Waals surface area (Å²) in [5.74, 6) is 1.02. The molecule has 0 atom stereocenters. The number of ether oxygens (including phenoxy) is 2. The summed E-state index contributed by atoms with van der Waals surface area (Å²) in [4.78, 5) is 12.4. The Morgan fingerprint density at radius 3 is 2.09 bits per heavy atom. The number of rotatable bonds is 7. The van der Waals surface area contributed by atoms with E-state index in [-0.39, 0.29) is 5.41 Å². The zero-order chi connectivity index (χ0) is 23.6. The minimum Gasteiger partial charge on any atom is -0.493 e. The molecule has 0 fully saturated rings. The number of primary amides is 1. The average molecular weight is 435 g/mol. The predicted octanol–water partition coefficient (Wildman–Crippen LogP) is 5.43. The van der Waals surface area contributed by atoms with Crippen LogP contribution in [0.5, 0.6) is 11.5 Å². The lowest BCUT2D eigenvalue weighted by Crippen LogP contribution is -2.14. The highest BCUT2D eigenvalue weighted by molar-refractivity contribution is 6.02. The average Bonchev–Trinajstić information content (AvgIpc) is 3.01. The fourth-order valence-electron chi connectivity index (χ4n) is 4.29. The van der Waals surface area contributed by atoms with Crippen LogP contribution in [0.3, 0.4) is 0 Å². The molecule has 0 saturated heterocycles. The molecule has 0 radical (unpaired) electrons. The smallest absolute Gasteiger partial charge is 0.251 e. The van der Waals surface area contributed by atoms with Gasteiger partial charge in [-0.15, -0.1) is 0 Å². The number of hydrogen-bond acceptors (Lipinski definition) is 3. The number of methoxy groups -OCH3 is 2. The molecule has 0 bridgehead atoms. The van der Waals surface area contributed by atoms with E-state index in [4.69, 9.17) is 15.2 Å². The lowest BCUT2D eigenvalue weighted by molar-refractivity contribution is 0.1000. The Hall–Kier alpha value is -3.21. The van der Waals surface area contributed by atoms with Crippen molar-refractivity contribution in [2.24, 2.45) is 5.73 Å². The van der Waals surface area contributed by atoms with Crippen molar-refractivity contribution in [3.8, 4) is 22.6 Å². The van der Waals surface area contributed by atoms with Crippen molar-refractivity contribution in [1.82, 2.24) is 4.57 Å². The molecule has 0 aliphatic rings. The maximum absolute atomic E-state index is 12.4. The van der Waals surface area contributed by atoms with Gasteiger partial charge in [0.15, 0.2) is 11.5 Å². The van der Waals surface area contributed by atoms with Crippen LogP contribution in [0.15, 0.2) is 42.5 Å². The van der Waals surface area contributed by atoms with E-state index in [0.29, 0.717) is 17.1 Å². The van der Waals surface area contributed by atoms with Crippen LogP contribution in [0.4, 0.5) is 0 Å². The topological polar surface area (TPSA) is 66.5 Å². The van der Waals surface area contributed by atoms with Gasteiger partial charge < -0.3 is 19.8 Å². The summed E-state index contributed by atoms with van der Waals surface area (Å²) < 4.78 is 12.9. The Labute approximate surface area is 191 Å². The molecule has 170 valence electrons. The second-order valence-electron chi connectivity index (χ2n) is 9.20. The molecule has 0 saturated carbocycles. The van der Waals surface area contributed by atoms with Crippen molar-refractivity contribution in [2.45, 2.75) is 53.0 Å². The van der Waals surface area contributed by atoms with Gasteiger partial charge in [0.25, 0.3) is 5.91 Å². The van der Waals surface area contributed by atoms with E-state index < -0.39 is 5.91 Å². The predicted molar refractivity (Wildman–Crippen MR) is 130 cm³/mol. The molecule has 32 heavy (non-hydrogen) atoms. The molecule has 0 aliphatic heterocycles. The van der Waals surface area contributed by atoms with Crippen LogP contribution in [0.25, 0.3) is 11.1 Å². The summed E-state index contributed by atoms with van der Waals surface area (Å²) in [6.45, 7) is 11.3. The second-order valence-corrected chi connectivity index (χ2v) is 9.20. The Morgan fingerprint density at radius 1 is 0.938 bits per heavy atom. The van der Waals surface area contributed by atoms with Gasteiger partial charge in [-0.05, 0) is 54.5 Å². The van der Waals surface area contributed by atoms with Crippen LogP contribution >= 0.6 is 0 Å². The molecule has 2 N–H and O–H groups in total. The SMILES string of the molecule is COc1ccc(CCn2c(C)c(C(N)=O)c(-c3ccc(C(C)(C)C)cc3)c2C)cc1OC. The normalized spacial score (nSPS) is 11.5. The van der Waals surface area contributed by atoms with Gasteiger partial charge in [0.05, 0.1) is 19.8 Å². The monoisotopic (exact) mass is 434 g/mol. The molecule has 5 nitrogen and oxygen atoms in total. The molecule has 3 rings (SSSR count). The fourth-order valence-corrected chi connectivity index (χ4v) is 4.29. The van der Waals surface area contributed by atoms with Crippen molar-refractivity contribution in [1.29, 1.82) is 0 Å². The fraction of sp³-hybridized carbons (Fsp3) is 0.370. The summed E-state index contributed by atoms with van der Waals surface area (Å²) in [6, 6.07) is 14.4. The standard InChI is InChI=1S/C27H34N2O3/c1-17-24(20-9-11-21(12-10-20)27(3,4)5)25(26(28)30)18(2)29(17)15-14-19-8-13-22(31-6)23(16-19)32-7/h8-13,16H,14-15H2,1-7H3,(H2,28,30). The molecule has 1 amide bonds. The zero-order valence-electron chi connectivity index (χ0n) is 20.2. The molecular formula is C27H34N2O3. The minimum absolute atomic E-state index is 0.0708. The number of carbonyl (C=O) groups excluding carboxylic acids is 1. The van der Waals surface area contributed by atoms with E-state index >= 15 is 0 Å². The van der Waals surface area contributed by atoms with Crippen molar-refractivity contribution in [3.05, 3.63) is 70.5 Å². The molecule has 1 aromatic heterocycles. The van der Waals surface area contributed by atoms with Gasteiger partial charge in [0, 0.05) is 23.5 Å². The molecule has 1 heterocycles. The number of aryl methyl sites for hydroxylation is 1. The van der Waals surface area contributed by atoms with Gasteiger partial charge >= 0.3 is 0 Å². The highest BCUT2D eigenvalue weighted by atomic mass is 16.5. The first kappa shape index (κ1) is 23.5. The van der Waals surface area contributed by atoms with Crippen LogP contribution in [0, 0.1) is 13.8 Å². The molecule has 3 aromatic rings. The Balaban J connectivity index is 1.98. The molecule has 0 aliphatic carbocycles. The lowest BCUT2D eigenvalue weighted by atomic mass is 9.86. The highest BCUT2D eigenvalue weighted by Gasteiger charge is 2.23. The number of hydrogen-bond donors (Lipinski definition) is 1. The van der Waals surface area contributed by atoms with Gasteiger partial charge in [0.2, 0.25) is 0 Å². The van der Waals surface area contributed by atoms with E-state index in [1.54, 1.807) is 14.2 Å². The summed E-state index contributed by atoms with van der Waals surface area (Å²) in [5, 5.41) is 0. The number of carbonyl (C=O) groups is 1. The minimum atomic E-state index is -0.398. The quantitative estimate of drug-likeness (QED) is 0.539. The summed E-state index contributed by atoms with van der Waals surface area (Å²) >= 11 is 0. The lowest BCUT2D eigenvalue weighted by Gasteiger charge is -2.19. The third-order valence-corrected chi connectivity index (χ3v) is 6.14. The van der Waals surface area contributed by atoms with Crippen LogP contribution in [0.1, 0.15) is 53.6 Å². The highest BCUT2D eigenvalue weighted by Crippen LogP contribution is 2.34. The first-order valence-corrected chi connectivity index (χ1v) is 10.9. The summed E-state index contributed by atoms with van der Waals surface area (Å²) in [6.07, 6.45) is 0.789. The number of nitrogens with zero attached hydrogens (tertiary/aromatic N) is 1. The van der Waals surface area contributed by atoms with Crippen molar-refractivity contribution >= 4 is 5.91 Å². The third kappa shape index (κ3) is 4.52. The van der Waals surface area contributed by atoms with Gasteiger partial charge in [-0.3, -0.25) is 4.79 Å². The van der Waals surface area contributed by atoms with Crippen LogP contribution < -0.4 is 15.2 Å². The summed E-state index contributed by atoms with van der Waals surface area (Å²) in [7, 11) is 3.27. The van der Waals surface area contributed by atoms with Gasteiger partial charge in [-0.2, -0.15) is 0 Å². The van der Waals surface area contributed by atoms with Crippen molar-refractivity contribution in [2.75, 3.05) is 14.2 Å². The van der Waals surface area contributed by atoms with E-state index in [2.05, 4.69) is 56.5 Å². The van der Waals surface area contributed by atoms with Crippen molar-refractivity contribution in [3.63, 3.8) is 0 Å². The van der Waals surface area contributed by atoms with Crippen LogP contribution in [-0.2, 0) is 18.4 Å². The van der Waals surface area contributed by atoms with Gasteiger partial charge in [-0.25, -0.2) is 0 Å². The molecule has 5 heteroatoms. The van der Waals surface area contributed by atoms with E-state index in [1.165, 1.54) is 5.56 Å². The Kier molecular flexibility index (Phi) is 6.68. The largest absolute Gasteiger partial charge is 0.493 e. The van der Waals surface area contributed by atoms with Crippen LogP contribution in [0.2, 0.25) is 0 Å². The zero-order valence-corrected chi connectivity index (χ0v) is 20.2. The molecule has 0 unspecified atom stereocenters. The second kappa shape index (κ2) is 9.11. The van der Waals surface area contributed by atoms with Gasteiger partial charge in [0.1, 0.15) is 0 Å². The number of benzene rings is 2. The Bertz CT molecular complexity index is 1120. The number of aromatic nitrogens is 1. The Morgan fingerprint density at radius 2 is 1.56 bits per heavy atom. The third-order valence-electron chi connectivity index (χ3n) is 6.14. The summed E-state index contributed by atoms with van der Waals surface area (Å²) in [5.41, 5.74) is 12.7. The number of amides is 1. The van der Waals surface area contributed by atoms with Crippen molar-refractivity contribution < 1.29 is 14.3 Å². The van der Waals surface area contributed by atoms with E-state index in [0.717, 1.165) is 41.0 Å². The molecule has 2 aromatic carbocycles. The first-order valence-electron chi connectivity index (χ1n) is 10.9. The first-order chi connectivity index (χ1) is 15.1. The van der Waals surface area contributed by atoms with Crippen LogP contribution in [-0.4, -0.2) is 24.7 Å². The van der Waals surface area contributed by atoms with Gasteiger partial charge in [-0.1, -0.05) is 51.1 Å².